The third-order valence-electron chi connectivity index (χ3n) is 4.61. The van der Waals surface area contributed by atoms with E-state index in [4.69, 9.17) is 4.74 Å². The van der Waals surface area contributed by atoms with Gasteiger partial charge in [0.2, 0.25) is 0 Å². The number of methoxy groups -OCH3 is 1. The van der Waals surface area contributed by atoms with Gasteiger partial charge < -0.3 is 14.5 Å². The molecule has 0 atom stereocenters. The summed E-state index contributed by atoms with van der Waals surface area (Å²) in [5.41, 5.74) is 2.55. The van der Waals surface area contributed by atoms with E-state index in [-0.39, 0.29) is 5.69 Å². The molecule has 0 spiro atoms. The standard InChI is InChI=1S/C20H20N4O3/c1-27-19-7-5-17(6-8-19)22-11-13-23(14-12-22)20(9-10-21)16-3-2-4-18(15-16)24(25)26/h2-9,15H,11-14H2,1H3. The van der Waals surface area contributed by atoms with Crippen molar-refractivity contribution in [1.29, 1.82) is 5.26 Å². The predicted molar refractivity (Wildman–Crippen MR) is 103 cm³/mol. The SMILES string of the molecule is COc1ccc(N2CCN(C(=CC#N)c3cccc([N+](=O)[O-])c3)CC2)cc1. The summed E-state index contributed by atoms with van der Waals surface area (Å²) in [4.78, 5) is 15.0. The Morgan fingerprint density at radius 3 is 2.48 bits per heavy atom. The van der Waals surface area contributed by atoms with Crippen molar-refractivity contribution in [3.63, 3.8) is 0 Å². The van der Waals surface area contributed by atoms with E-state index in [1.54, 1.807) is 19.2 Å². The number of rotatable bonds is 5. The van der Waals surface area contributed by atoms with Crippen molar-refractivity contribution >= 4 is 17.1 Å². The third kappa shape index (κ3) is 4.18. The summed E-state index contributed by atoms with van der Waals surface area (Å²) in [5.74, 6) is 0.822. The van der Waals surface area contributed by atoms with Crippen LogP contribution >= 0.6 is 0 Å². The first-order chi connectivity index (χ1) is 13.1. The highest BCUT2D eigenvalue weighted by Gasteiger charge is 2.21. The molecule has 138 valence electrons. The Morgan fingerprint density at radius 2 is 1.89 bits per heavy atom. The lowest BCUT2D eigenvalue weighted by Gasteiger charge is -2.38. The second-order valence-electron chi connectivity index (χ2n) is 6.14. The van der Waals surface area contributed by atoms with E-state index < -0.39 is 4.92 Å². The molecule has 0 N–H and O–H groups in total. The van der Waals surface area contributed by atoms with Crippen LogP contribution in [0.25, 0.3) is 5.70 Å². The van der Waals surface area contributed by atoms with Crippen LogP contribution < -0.4 is 9.64 Å². The molecule has 1 saturated heterocycles. The average molecular weight is 364 g/mol. The molecular formula is C20H20N4O3. The van der Waals surface area contributed by atoms with Crippen molar-refractivity contribution in [3.8, 4) is 11.8 Å². The lowest BCUT2D eigenvalue weighted by Crippen LogP contribution is -2.45. The monoisotopic (exact) mass is 364 g/mol. The first kappa shape index (κ1) is 18.3. The van der Waals surface area contributed by atoms with Gasteiger partial charge in [0.25, 0.3) is 5.69 Å². The number of ether oxygens (including phenoxy) is 1. The number of piperazine rings is 1. The fourth-order valence-electron chi connectivity index (χ4n) is 3.20. The highest BCUT2D eigenvalue weighted by molar-refractivity contribution is 5.68. The lowest BCUT2D eigenvalue weighted by molar-refractivity contribution is -0.384. The van der Waals surface area contributed by atoms with Gasteiger partial charge in [-0.1, -0.05) is 12.1 Å². The molecule has 0 radical (unpaired) electrons. The largest absolute Gasteiger partial charge is 0.497 e. The molecule has 0 bridgehead atoms. The zero-order chi connectivity index (χ0) is 19.2. The van der Waals surface area contributed by atoms with Crippen LogP contribution in [0.5, 0.6) is 5.75 Å². The molecule has 2 aromatic carbocycles. The normalized spacial score (nSPS) is 14.6. The molecule has 7 nitrogen and oxygen atoms in total. The first-order valence-corrected chi connectivity index (χ1v) is 8.61. The maximum absolute atomic E-state index is 11.0. The molecule has 0 amide bonds. The molecule has 2 aromatic rings. The Bertz CT molecular complexity index is 879. The summed E-state index contributed by atoms with van der Waals surface area (Å²) in [6, 6.07) is 16.4. The van der Waals surface area contributed by atoms with Gasteiger partial charge in [0.15, 0.2) is 0 Å². The minimum Gasteiger partial charge on any atom is -0.497 e. The fraction of sp³-hybridized carbons (Fsp3) is 0.250. The highest BCUT2D eigenvalue weighted by Crippen LogP contribution is 2.26. The molecule has 7 heteroatoms. The number of benzene rings is 2. The van der Waals surface area contributed by atoms with Gasteiger partial charge in [0, 0.05) is 55.6 Å². The predicted octanol–water partition coefficient (Wildman–Crippen LogP) is 3.29. The lowest BCUT2D eigenvalue weighted by atomic mass is 10.1. The summed E-state index contributed by atoms with van der Waals surface area (Å²) < 4.78 is 5.19. The van der Waals surface area contributed by atoms with Crippen LogP contribution in [0.1, 0.15) is 5.56 Å². The van der Waals surface area contributed by atoms with E-state index in [9.17, 15) is 15.4 Å². The van der Waals surface area contributed by atoms with Gasteiger partial charge in [-0.05, 0) is 24.3 Å². The average Bonchev–Trinajstić information content (AvgIpc) is 2.72. The second-order valence-corrected chi connectivity index (χ2v) is 6.14. The van der Waals surface area contributed by atoms with Crippen molar-refractivity contribution in [2.75, 3.05) is 38.2 Å². The first-order valence-electron chi connectivity index (χ1n) is 8.61. The Hall–Kier alpha value is -3.53. The second kappa shape index (κ2) is 8.23. The molecule has 1 aliphatic rings. The van der Waals surface area contributed by atoms with Crippen LogP contribution in [0.15, 0.2) is 54.6 Å². The van der Waals surface area contributed by atoms with Crippen molar-refractivity contribution < 1.29 is 9.66 Å². The number of hydrogen-bond donors (Lipinski definition) is 0. The number of anilines is 1. The summed E-state index contributed by atoms with van der Waals surface area (Å²) in [6.07, 6.45) is 1.46. The molecule has 3 rings (SSSR count). The van der Waals surface area contributed by atoms with Crippen LogP contribution in [0.4, 0.5) is 11.4 Å². The van der Waals surface area contributed by atoms with E-state index in [0.717, 1.165) is 43.3 Å². The quantitative estimate of drug-likeness (QED) is 0.460. The zero-order valence-corrected chi connectivity index (χ0v) is 15.0. The molecule has 0 unspecified atom stereocenters. The number of nitrogens with zero attached hydrogens (tertiary/aromatic N) is 4. The molecule has 0 saturated carbocycles. The van der Waals surface area contributed by atoms with Crippen molar-refractivity contribution in [1.82, 2.24) is 4.90 Å². The van der Waals surface area contributed by atoms with Crippen LogP contribution in [0.2, 0.25) is 0 Å². The van der Waals surface area contributed by atoms with Crippen LogP contribution in [0, 0.1) is 21.4 Å². The molecule has 1 heterocycles. The zero-order valence-electron chi connectivity index (χ0n) is 15.0. The van der Waals surface area contributed by atoms with Crippen molar-refractivity contribution in [3.05, 3.63) is 70.3 Å². The van der Waals surface area contributed by atoms with Gasteiger partial charge in [0.1, 0.15) is 5.75 Å². The summed E-state index contributed by atoms with van der Waals surface area (Å²) >= 11 is 0. The van der Waals surface area contributed by atoms with E-state index >= 15 is 0 Å². The maximum Gasteiger partial charge on any atom is 0.270 e. The van der Waals surface area contributed by atoms with Gasteiger partial charge in [-0.15, -0.1) is 0 Å². The van der Waals surface area contributed by atoms with E-state index in [1.165, 1.54) is 18.2 Å². The van der Waals surface area contributed by atoms with Crippen LogP contribution in [-0.2, 0) is 0 Å². The Balaban J connectivity index is 1.74. The summed E-state index contributed by atoms with van der Waals surface area (Å²) in [6.45, 7) is 3.04. The molecule has 0 aliphatic carbocycles. The number of allylic oxidation sites excluding steroid dienone is 1. The van der Waals surface area contributed by atoms with Crippen molar-refractivity contribution in [2.45, 2.75) is 0 Å². The molecular weight excluding hydrogens is 344 g/mol. The molecule has 1 fully saturated rings. The fourth-order valence-corrected chi connectivity index (χ4v) is 3.20. The molecule has 0 aromatic heterocycles. The van der Waals surface area contributed by atoms with E-state index in [1.807, 2.05) is 24.3 Å². The van der Waals surface area contributed by atoms with Gasteiger partial charge in [-0.25, -0.2) is 0 Å². The van der Waals surface area contributed by atoms with E-state index in [2.05, 4.69) is 15.9 Å². The van der Waals surface area contributed by atoms with Gasteiger partial charge in [0.05, 0.1) is 23.8 Å². The van der Waals surface area contributed by atoms with Gasteiger partial charge in [-0.2, -0.15) is 5.26 Å². The summed E-state index contributed by atoms with van der Waals surface area (Å²) in [5, 5.41) is 20.2. The number of nitro benzene ring substituents is 1. The van der Waals surface area contributed by atoms with Gasteiger partial charge >= 0.3 is 0 Å². The smallest absolute Gasteiger partial charge is 0.270 e. The minimum atomic E-state index is -0.422. The van der Waals surface area contributed by atoms with Crippen LogP contribution in [-0.4, -0.2) is 43.1 Å². The van der Waals surface area contributed by atoms with Crippen LogP contribution in [0.3, 0.4) is 0 Å². The Morgan fingerprint density at radius 1 is 1.19 bits per heavy atom. The van der Waals surface area contributed by atoms with Crippen molar-refractivity contribution in [2.24, 2.45) is 0 Å². The van der Waals surface area contributed by atoms with E-state index in [0.29, 0.717) is 5.56 Å². The molecule has 1 aliphatic heterocycles. The highest BCUT2D eigenvalue weighted by atomic mass is 16.6. The number of nitriles is 1. The Kier molecular flexibility index (Phi) is 5.57. The number of nitro groups is 1. The minimum absolute atomic E-state index is 0.0215. The third-order valence-corrected chi connectivity index (χ3v) is 4.61. The maximum atomic E-state index is 11.0. The number of non-ortho nitro benzene ring substituents is 1. The Labute approximate surface area is 157 Å². The number of hydrogen-bond acceptors (Lipinski definition) is 6. The molecule has 27 heavy (non-hydrogen) atoms. The van der Waals surface area contributed by atoms with Gasteiger partial charge in [-0.3, -0.25) is 10.1 Å². The topological polar surface area (TPSA) is 82.6 Å². The summed E-state index contributed by atoms with van der Waals surface area (Å²) in [7, 11) is 1.64.